The topological polar surface area (TPSA) is 68.4 Å². The number of methoxy groups -OCH3 is 1. The van der Waals surface area contributed by atoms with E-state index in [9.17, 15) is 9.59 Å². The van der Waals surface area contributed by atoms with E-state index < -0.39 is 11.4 Å². The standard InChI is InChI=1S/C12H17NO4/c1-4-5-6-17-11-8(2)13-7-9(10(11)14)12(15)16-3/h7H,4-6H2,1-3H3,(H,13,14). The molecule has 0 radical (unpaired) electrons. The van der Waals surface area contributed by atoms with E-state index in [-0.39, 0.29) is 11.3 Å². The van der Waals surface area contributed by atoms with Crippen molar-refractivity contribution in [1.82, 2.24) is 4.98 Å². The van der Waals surface area contributed by atoms with Gasteiger partial charge in [0.1, 0.15) is 5.56 Å². The minimum Gasteiger partial charge on any atom is -0.488 e. The Morgan fingerprint density at radius 3 is 2.76 bits per heavy atom. The fourth-order valence-electron chi connectivity index (χ4n) is 1.36. The summed E-state index contributed by atoms with van der Waals surface area (Å²) in [6.45, 7) is 4.22. The molecule has 1 N–H and O–H groups in total. The van der Waals surface area contributed by atoms with Crippen molar-refractivity contribution in [2.75, 3.05) is 13.7 Å². The number of esters is 1. The Labute approximate surface area is 99.8 Å². The molecule has 0 unspecified atom stereocenters. The third-order valence-electron chi connectivity index (χ3n) is 2.37. The number of pyridine rings is 1. The van der Waals surface area contributed by atoms with Crippen LogP contribution in [0.4, 0.5) is 0 Å². The van der Waals surface area contributed by atoms with Crippen molar-refractivity contribution >= 4 is 5.97 Å². The van der Waals surface area contributed by atoms with Crippen LogP contribution >= 0.6 is 0 Å². The number of aromatic amines is 1. The lowest BCUT2D eigenvalue weighted by Gasteiger charge is -2.08. The molecule has 17 heavy (non-hydrogen) atoms. The smallest absolute Gasteiger partial charge is 0.343 e. The Morgan fingerprint density at radius 2 is 2.18 bits per heavy atom. The number of rotatable bonds is 5. The molecule has 0 aliphatic heterocycles. The number of hydrogen-bond donors (Lipinski definition) is 1. The number of carbonyl (C=O) groups is 1. The van der Waals surface area contributed by atoms with Crippen LogP contribution < -0.4 is 10.2 Å². The molecule has 0 amide bonds. The molecule has 0 aromatic carbocycles. The second-order valence-corrected chi connectivity index (χ2v) is 3.68. The van der Waals surface area contributed by atoms with Gasteiger partial charge in [0.15, 0.2) is 5.75 Å². The summed E-state index contributed by atoms with van der Waals surface area (Å²) >= 11 is 0. The number of carbonyl (C=O) groups excluding carboxylic acids is 1. The summed E-state index contributed by atoms with van der Waals surface area (Å²) in [5.41, 5.74) is 0.146. The summed E-state index contributed by atoms with van der Waals surface area (Å²) in [5.74, 6) is -0.465. The molecule has 1 aromatic heterocycles. The van der Waals surface area contributed by atoms with Gasteiger partial charge in [-0.05, 0) is 13.3 Å². The number of aryl methyl sites for hydroxylation is 1. The van der Waals surface area contributed by atoms with Crippen LogP contribution in [0.25, 0.3) is 0 Å². The van der Waals surface area contributed by atoms with E-state index in [1.165, 1.54) is 13.3 Å². The van der Waals surface area contributed by atoms with E-state index in [2.05, 4.69) is 9.72 Å². The largest absolute Gasteiger partial charge is 0.488 e. The van der Waals surface area contributed by atoms with Crippen molar-refractivity contribution in [3.05, 3.63) is 27.7 Å². The number of ether oxygens (including phenoxy) is 2. The lowest BCUT2D eigenvalue weighted by molar-refractivity contribution is 0.0598. The van der Waals surface area contributed by atoms with Crippen LogP contribution in [0.15, 0.2) is 11.0 Å². The van der Waals surface area contributed by atoms with Gasteiger partial charge in [-0.15, -0.1) is 0 Å². The van der Waals surface area contributed by atoms with Crippen LogP contribution in [0, 0.1) is 6.92 Å². The van der Waals surface area contributed by atoms with Crippen LogP contribution in [-0.4, -0.2) is 24.7 Å². The highest BCUT2D eigenvalue weighted by atomic mass is 16.5. The normalized spacial score (nSPS) is 10.1. The Balaban J connectivity index is 3.03. The maximum Gasteiger partial charge on any atom is 0.343 e. The molecule has 0 spiro atoms. The van der Waals surface area contributed by atoms with Gasteiger partial charge < -0.3 is 14.5 Å². The Morgan fingerprint density at radius 1 is 1.47 bits per heavy atom. The molecule has 1 rings (SSSR count). The van der Waals surface area contributed by atoms with E-state index in [1.807, 2.05) is 6.92 Å². The van der Waals surface area contributed by atoms with Crippen LogP contribution in [0.1, 0.15) is 35.8 Å². The number of unbranched alkanes of at least 4 members (excludes halogenated alkanes) is 1. The maximum atomic E-state index is 11.9. The second-order valence-electron chi connectivity index (χ2n) is 3.68. The molecule has 0 aliphatic rings. The highest BCUT2D eigenvalue weighted by molar-refractivity contribution is 5.89. The molecular weight excluding hydrogens is 222 g/mol. The van der Waals surface area contributed by atoms with Crippen molar-refractivity contribution in [1.29, 1.82) is 0 Å². The number of hydrogen-bond acceptors (Lipinski definition) is 4. The SMILES string of the molecule is CCCCOc1c(C)[nH]cc(C(=O)OC)c1=O. The molecule has 5 heteroatoms. The van der Waals surface area contributed by atoms with Gasteiger partial charge in [-0.25, -0.2) is 4.79 Å². The monoisotopic (exact) mass is 239 g/mol. The molecule has 0 aliphatic carbocycles. The highest BCUT2D eigenvalue weighted by Gasteiger charge is 2.16. The zero-order chi connectivity index (χ0) is 12.8. The Hall–Kier alpha value is -1.78. The van der Waals surface area contributed by atoms with Gasteiger partial charge in [0.2, 0.25) is 5.43 Å². The Bertz CT molecular complexity index is 450. The van der Waals surface area contributed by atoms with E-state index in [0.29, 0.717) is 12.3 Å². The fraction of sp³-hybridized carbons (Fsp3) is 0.500. The van der Waals surface area contributed by atoms with Gasteiger partial charge in [-0.2, -0.15) is 0 Å². The third kappa shape index (κ3) is 3.09. The summed E-state index contributed by atoms with van der Waals surface area (Å²) in [7, 11) is 1.24. The Kier molecular flexibility index (Phi) is 4.75. The molecule has 1 aromatic rings. The molecule has 0 saturated carbocycles. The number of H-pyrrole nitrogens is 1. The minimum atomic E-state index is -0.661. The molecule has 0 bridgehead atoms. The first-order chi connectivity index (χ1) is 8.11. The zero-order valence-corrected chi connectivity index (χ0v) is 10.3. The lowest BCUT2D eigenvalue weighted by atomic mass is 10.2. The van der Waals surface area contributed by atoms with Crippen molar-refractivity contribution in [2.24, 2.45) is 0 Å². The zero-order valence-electron chi connectivity index (χ0n) is 10.3. The van der Waals surface area contributed by atoms with Crippen molar-refractivity contribution in [3.8, 4) is 5.75 Å². The average molecular weight is 239 g/mol. The minimum absolute atomic E-state index is 0.0374. The number of aromatic nitrogens is 1. The van der Waals surface area contributed by atoms with Gasteiger partial charge in [-0.3, -0.25) is 4.79 Å². The third-order valence-corrected chi connectivity index (χ3v) is 2.37. The van der Waals surface area contributed by atoms with Crippen LogP contribution in [0.3, 0.4) is 0 Å². The van der Waals surface area contributed by atoms with Crippen LogP contribution in [0.2, 0.25) is 0 Å². The van der Waals surface area contributed by atoms with Gasteiger partial charge in [0.25, 0.3) is 0 Å². The van der Waals surface area contributed by atoms with E-state index in [4.69, 9.17) is 4.74 Å². The summed E-state index contributed by atoms with van der Waals surface area (Å²) in [6.07, 6.45) is 3.19. The van der Waals surface area contributed by atoms with E-state index in [1.54, 1.807) is 6.92 Å². The summed E-state index contributed by atoms with van der Waals surface area (Å²) in [4.78, 5) is 26.1. The van der Waals surface area contributed by atoms with Gasteiger partial charge in [0.05, 0.1) is 19.4 Å². The van der Waals surface area contributed by atoms with Gasteiger partial charge in [-0.1, -0.05) is 13.3 Å². The predicted molar refractivity (Wildman–Crippen MR) is 63.5 cm³/mol. The molecule has 1 heterocycles. The van der Waals surface area contributed by atoms with Crippen LogP contribution in [0.5, 0.6) is 5.75 Å². The lowest BCUT2D eigenvalue weighted by Crippen LogP contribution is -2.20. The van der Waals surface area contributed by atoms with Crippen molar-refractivity contribution in [2.45, 2.75) is 26.7 Å². The highest BCUT2D eigenvalue weighted by Crippen LogP contribution is 2.11. The van der Waals surface area contributed by atoms with Gasteiger partial charge >= 0.3 is 5.97 Å². The molecule has 0 saturated heterocycles. The molecule has 0 fully saturated rings. The molecule has 94 valence electrons. The van der Waals surface area contributed by atoms with Crippen LogP contribution in [-0.2, 0) is 4.74 Å². The molecule has 0 atom stereocenters. The fourth-order valence-corrected chi connectivity index (χ4v) is 1.36. The first-order valence-electron chi connectivity index (χ1n) is 5.55. The summed E-state index contributed by atoms with van der Waals surface area (Å²) in [5, 5.41) is 0. The van der Waals surface area contributed by atoms with Crippen molar-refractivity contribution < 1.29 is 14.3 Å². The molecule has 5 nitrogen and oxygen atoms in total. The van der Waals surface area contributed by atoms with Crippen molar-refractivity contribution in [3.63, 3.8) is 0 Å². The van der Waals surface area contributed by atoms with Gasteiger partial charge in [0, 0.05) is 6.20 Å². The predicted octanol–water partition coefficient (Wildman–Crippen LogP) is 1.65. The number of nitrogens with one attached hydrogen (secondary N) is 1. The maximum absolute atomic E-state index is 11.9. The first kappa shape index (κ1) is 13.3. The second kappa shape index (κ2) is 6.08. The molecular formula is C12H17NO4. The van der Waals surface area contributed by atoms with E-state index >= 15 is 0 Å². The summed E-state index contributed by atoms with van der Waals surface area (Å²) < 4.78 is 9.91. The summed E-state index contributed by atoms with van der Waals surface area (Å²) in [6, 6.07) is 0. The average Bonchev–Trinajstić information content (AvgIpc) is 2.32. The van der Waals surface area contributed by atoms with E-state index in [0.717, 1.165) is 12.8 Å². The first-order valence-corrected chi connectivity index (χ1v) is 5.55. The quantitative estimate of drug-likeness (QED) is 0.626.